The molecule has 11 heteroatoms. The zero-order valence-corrected chi connectivity index (χ0v) is 26.5. The van der Waals surface area contributed by atoms with Gasteiger partial charge < -0.3 is 10.4 Å². The molecule has 0 amide bonds. The van der Waals surface area contributed by atoms with Crippen LogP contribution in [0.2, 0.25) is 57.9 Å². The monoisotopic (exact) mass is 550 g/mol. The van der Waals surface area contributed by atoms with Crippen molar-refractivity contribution in [2.45, 2.75) is 96.9 Å². The maximum Gasteiger partial charge on any atom is 0.341 e. The molecule has 0 aliphatic rings. The van der Waals surface area contributed by atoms with Crippen LogP contribution in [0.5, 0.6) is 0 Å². The van der Waals surface area contributed by atoms with E-state index in [4.69, 9.17) is 55.4 Å². The van der Waals surface area contributed by atoms with Crippen LogP contribution in [0.3, 0.4) is 0 Å². The highest BCUT2D eigenvalue weighted by atomic mass is 35.8. The van der Waals surface area contributed by atoms with Gasteiger partial charge in [-0.05, 0) is 31.6 Å². The fourth-order valence-corrected chi connectivity index (χ4v) is 16.1. The van der Waals surface area contributed by atoms with E-state index >= 15 is 0 Å². The SMILES string of the molecule is CCCCCC[Si](Cl)(Cl)Cl.C[Si](Cl)(Cl)CCCN([Si](C)(C)C)[Si](C)(C)C.N. The summed E-state index contributed by atoms with van der Waals surface area (Å²) in [4.78, 5) is 0. The summed E-state index contributed by atoms with van der Waals surface area (Å²) in [6, 6.07) is -0.458. The number of hydrogen-bond acceptors (Lipinski definition) is 2. The number of unbranched alkanes of at least 4 members (excludes halogenated alkanes) is 3. The molecule has 0 atom stereocenters. The molecule has 27 heavy (non-hydrogen) atoms. The molecule has 0 unspecified atom stereocenters. The Bertz CT molecular complexity index is 350. The average molecular weight is 553 g/mol. The Morgan fingerprint density at radius 2 is 1.07 bits per heavy atom. The molecular formula is C16H43Cl5N2Si4. The van der Waals surface area contributed by atoms with Gasteiger partial charge in [-0.15, -0.1) is 55.4 Å². The minimum absolute atomic E-state index is 0. The predicted octanol–water partition coefficient (Wildman–Crippen LogP) is 9.28. The first kappa shape index (κ1) is 33.9. The van der Waals surface area contributed by atoms with E-state index in [0.717, 1.165) is 24.9 Å². The molecule has 0 spiro atoms. The molecule has 2 nitrogen and oxygen atoms in total. The van der Waals surface area contributed by atoms with Gasteiger partial charge in [-0.2, -0.15) is 0 Å². The molecule has 0 bridgehead atoms. The molecule has 0 aromatic carbocycles. The van der Waals surface area contributed by atoms with E-state index in [-0.39, 0.29) is 6.15 Å². The van der Waals surface area contributed by atoms with Crippen LogP contribution >= 0.6 is 55.4 Å². The maximum atomic E-state index is 6.15. The highest BCUT2D eigenvalue weighted by Crippen LogP contribution is 2.27. The molecule has 0 aliphatic heterocycles. The number of rotatable bonds is 11. The molecule has 0 aromatic heterocycles. The standard InChI is InChI=1S/C10H27Cl2NSi3.C6H13Cl3Si.H3N/c1-14(2,3)13(15(4,5)6)9-8-10-16(7,11)12;1-2-3-4-5-6-10(7,8)9;/h8-10H2,1-7H3;2-6H2,1H3;1H3. The quantitative estimate of drug-likeness (QED) is 0.157. The van der Waals surface area contributed by atoms with Crippen LogP contribution in [0.1, 0.15) is 39.0 Å². The fourth-order valence-electron chi connectivity index (χ4n) is 2.98. The molecule has 0 aromatic rings. The van der Waals surface area contributed by atoms with Crippen molar-refractivity contribution in [1.29, 1.82) is 0 Å². The average Bonchev–Trinajstić information content (AvgIpc) is 2.35. The van der Waals surface area contributed by atoms with Gasteiger partial charge in [0.2, 0.25) is 6.69 Å². The highest BCUT2D eigenvalue weighted by Gasteiger charge is 2.34. The smallest absolute Gasteiger partial charge is 0.341 e. The summed E-state index contributed by atoms with van der Waals surface area (Å²) in [5.41, 5.74) is 0. The second-order valence-electron chi connectivity index (χ2n) is 9.09. The van der Waals surface area contributed by atoms with Gasteiger partial charge in [-0.25, -0.2) is 0 Å². The van der Waals surface area contributed by atoms with Crippen LogP contribution < -0.4 is 6.15 Å². The third-order valence-corrected chi connectivity index (χ3v) is 16.6. The van der Waals surface area contributed by atoms with Crippen LogP contribution in [0.4, 0.5) is 0 Å². The number of hydrogen-bond donors (Lipinski definition) is 1. The van der Waals surface area contributed by atoms with Crippen LogP contribution in [0.15, 0.2) is 0 Å². The normalized spacial score (nSPS) is 13.1. The predicted molar refractivity (Wildman–Crippen MR) is 143 cm³/mol. The second-order valence-corrected chi connectivity index (χ2v) is 36.8. The summed E-state index contributed by atoms with van der Waals surface area (Å²) in [7, 11) is -2.39. The lowest BCUT2D eigenvalue weighted by molar-refractivity contribution is 0.600. The van der Waals surface area contributed by atoms with Crippen molar-refractivity contribution in [1.82, 2.24) is 10.4 Å². The van der Waals surface area contributed by atoms with E-state index in [1.54, 1.807) is 0 Å². The largest absolute Gasteiger partial charge is 0.346 e. The molecule has 0 aliphatic carbocycles. The Balaban J connectivity index is -0.000000454. The molecule has 168 valence electrons. The van der Waals surface area contributed by atoms with Gasteiger partial charge in [0.1, 0.15) is 16.5 Å². The van der Waals surface area contributed by atoms with Gasteiger partial charge in [0.25, 0.3) is 0 Å². The Morgan fingerprint density at radius 1 is 0.630 bits per heavy atom. The van der Waals surface area contributed by atoms with E-state index in [1.807, 2.05) is 6.55 Å². The third kappa shape index (κ3) is 24.4. The number of nitrogens with zero attached hydrogens (tertiary/aromatic N) is 1. The van der Waals surface area contributed by atoms with Crippen LogP contribution in [-0.4, -0.2) is 39.9 Å². The van der Waals surface area contributed by atoms with Gasteiger partial charge in [-0.3, -0.25) is 0 Å². The van der Waals surface area contributed by atoms with Crippen molar-refractivity contribution in [2.24, 2.45) is 0 Å². The first-order valence-corrected chi connectivity index (χ1v) is 26.5. The molecule has 0 fully saturated rings. The third-order valence-electron chi connectivity index (χ3n) is 3.93. The Kier molecular flexibility index (Phi) is 18.9. The van der Waals surface area contributed by atoms with Crippen LogP contribution in [-0.2, 0) is 0 Å². The zero-order chi connectivity index (χ0) is 21.2. The van der Waals surface area contributed by atoms with E-state index in [2.05, 4.69) is 50.4 Å². The molecule has 0 heterocycles. The number of halogens is 5. The second kappa shape index (κ2) is 15.1. The summed E-state index contributed by atoms with van der Waals surface area (Å²) in [6.45, 7) is 18.1. The summed E-state index contributed by atoms with van der Waals surface area (Å²) in [5, 5.41) is 0. The molecular weight excluding hydrogens is 510 g/mol. The lowest BCUT2D eigenvalue weighted by Gasteiger charge is -2.43. The molecule has 0 rings (SSSR count). The summed E-state index contributed by atoms with van der Waals surface area (Å²) in [5.74, 6) is 0. The fraction of sp³-hybridized carbons (Fsp3) is 1.00. The van der Waals surface area contributed by atoms with Gasteiger partial charge in [0.15, 0.2) is 0 Å². The highest BCUT2D eigenvalue weighted by molar-refractivity contribution is 7.64. The summed E-state index contributed by atoms with van der Waals surface area (Å²) < 4.78 is 2.80. The van der Waals surface area contributed by atoms with Gasteiger partial charge in [0, 0.05) is 0 Å². The van der Waals surface area contributed by atoms with E-state index < -0.39 is 29.2 Å². The first-order chi connectivity index (χ1) is 11.4. The zero-order valence-electron chi connectivity index (χ0n) is 18.7. The molecule has 0 saturated heterocycles. The van der Waals surface area contributed by atoms with Crippen molar-refractivity contribution >= 4 is 84.6 Å². The van der Waals surface area contributed by atoms with Crippen LogP contribution in [0.25, 0.3) is 0 Å². The van der Waals surface area contributed by atoms with Crippen LogP contribution in [0, 0.1) is 0 Å². The van der Waals surface area contributed by atoms with Gasteiger partial charge >= 0.3 is 6.00 Å². The van der Waals surface area contributed by atoms with Crippen molar-refractivity contribution in [3.8, 4) is 0 Å². The lowest BCUT2D eigenvalue weighted by atomic mass is 10.2. The van der Waals surface area contributed by atoms with Crippen molar-refractivity contribution in [2.75, 3.05) is 6.54 Å². The molecule has 0 radical (unpaired) electrons. The van der Waals surface area contributed by atoms with E-state index in [9.17, 15) is 0 Å². The van der Waals surface area contributed by atoms with Crippen molar-refractivity contribution in [3.63, 3.8) is 0 Å². The summed E-state index contributed by atoms with van der Waals surface area (Å²) >= 11 is 29.4. The topological polar surface area (TPSA) is 38.2 Å². The van der Waals surface area contributed by atoms with E-state index in [1.165, 1.54) is 25.8 Å². The Hall–Kier alpha value is 2.24. The Labute approximate surface area is 197 Å². The maximum absolute atomic E-state index is 6.15. The first-order valence-electron chi connectivity index (χ1n) is 9.62. The Morgan fingerprint density at radius 3 is 1.37 bits per heavy atom. The molecule has 3 N–H and O–H groups in total. The van der Waals surface area contributed by atoms with Gasteiger partial charge in [0.05, 0.1) is 0 Å². The lowest BCUT2D eigenvalue weighted by Crippen LogP contribution is -2.59. The van der Waals surface area contributed by atoms with Crippen molar-refractivity contribution < 1.29 is 0 Å². The minimum atomic E-state index is -2.29. The minimum Gasteiger partial charge on any atom is -0.346 e. The molecule has 0 saturated carbocycles. The summed E-state index contributed by atoms with van der Waals surface area (Å²) in [6.07, 6.45) is 5.94. The van der Waals surface area contributed by atoms with Crippen molar-refractivity contribution in [3.05, 3.63) is 0 Å². The van der Waals surface area contributed by atoms with Gasteiger partial charge in [-0.1, -0.05) is 71.9 Å². The van der Waals surface area contributed by atoms with E-state index in [0.29, 0.717) is 0 Å².